The van der Waals surface area contributed by atoms with Crippen molar-refractivity contribution in [1.29, 1.82) is 0 Å². The first-order chi connectivity index (χ1) is 17.7. The first-order valence-corrected chi connectivity index (χ1v) is 12.4. The molecule has 176 valence electrons. The summed E-state index contributed by atoms with van der Waals surface area (Å²) in [4.78, 5) is 9.35. The largest absolute Gasteiger partial charge is 0.436 e. The molecule has 0 amide bonds. The van der Waals surface area contributed by atoms with Crippen molar-refractivity contribution in [1.82, 2.24) is 9.97 Å². The third-order valence-corrected chi connectivity index (χ3v) is 6.50. The summed E-state index contributed by atoms with van der Waals surface area (Å²) in [6.07, 6.45) is 6.17. The number of hydrogen-bond donors (Lipinski definition) is 0. The molecule has 2 aromatic heterocycles. The summed E-state index contributed by atoms with van der Waals surface area (Å²) in [5.74, 6) is 1.30. The molecular formula is C32H26N2O2. The highest BCUT2D eigenvalue weighted by Gasteiger charge is 2.10. The summed E-state index contributed by atoms with van der Waals surface area (Å²) in [5, 5.41) is 0. The van der Waals surface area contributed by atoms with Crippen molar-refractivity contribution in [3.05, 3.63) is 107 Å². The summed E-state index contributed by atoms with van der Waals surface area (Å²) >= 11 is 0. The lowest BCUT2D eigenvalue weighted by Crippen LogP contribution is -1.80. The van der Waals surface area contributed by atoms with Gasteiger partial charge in [-0.1, -0.05) is 62.4 Å². The normalized spacial score (nSPS) is 11.7. The van der Waals surface area contributed by atoms with Crippen LogP contribution in [0, 0.1) is 0 Å². The number of hydrogen-bond acceptors (Lipinski definition) is 4. The molecular weight excluding hydrogens is 444 g/mol. The fourth-order valence-corrected chi connectivity index (χ4v) is 4.30. The van der Waals surface area contributed by atoms with Crippen LogP contribution in [-0.2, 0) is 12.8 Å². The predicted molar refractivity (Wildman–Crippen MR) is 147 cm³/mol. The first kappa shape index (κ1) is 22.1. The number of oxazole rings is 2. The second kappa shape index (κ2) is 9.31. The van der Waals surface area contributed by atoms with E-state index in [1.54, 1.807) is 0 Å². The Bertz CT molecular complexity index is 1560. The van der Waals surface area contributed by atoms with Gasteiger partial charge >= 0.3 is 0 Å². The van der Waals surface area contributed by atoms with Gasteiger partial charge in [0.1, 0.15) is 11.0 Å². The Labute approximate surface area is 209 Å². The predicted octanol–water partition coefficient (Wildman–Crippen LogP) is 8.60. The van der Waals surface area contributed by atoms with E-state index >= 15 is 0 Å². The average molecular weight is 471 g/mol. The SMILES string of the molecule is CCc1ccc2oc(-c3ccc(/C=C/c4ccc(-c5nc6cc(CC)ccc6o5)cc4)cc3)nc2c1. The van der Waals surface area contributed by atoms with Crippen LogP contribution in [-0.4, -0.2) is 9.97 Å². The monoisotopic (exact) mass is 470 g/mol. The van der Waals surface area contributed by atoms with E-state index in [1.165, 1.54) is 11.1 Å². The van der Waals surface area contributed by atoms with E-state index in [-0.39, 0.29) is 0 Å². The highest BCUT2D eigenvalue weighted by Crippen LogP contribution is 2.27. The number of aryl methyl sites for hydroxylation is 2. The van der Waals surface area contributed by atoms with Gasteiger partial charge < -0.3 is 8.83 Å². The van der Waals surface area contributed by atoms with Crippen molar-refractivity contribution in [2.45, 2.75) is 26.7 Å². The van der Waals surface area contributed by atoms with Crippen molar-refractivity contribution >= 4 is 34.4 Å². The minimum absolute atomic E-state index is 0.648. The number of nitrogens with zero attached hydrogens (tertiary/aromatic N) is 2. The minimum atomic E-state index is 0.648. The van der Waals surface area contributed by atoms with Gasteiger partial charge in [-0.2, -0.15) is 0 Å². The molecule has 4 heteroatoms. The maximum absolute atomic E-state index is 5.96. The molecule has 4 nitrogen and oxygen atoms in total. The van der Waals surface area contributed by atoms with E-state index in [9.17, 15) is 0 Å². The lowest BCUT2D eigenvalue weighted by molar-refractivity contribution is 0.619. The van der Waals surface area contributed by atoms with Crippen LogP contribution in [0.5, 0.6) is 0 Å². The first-order valence-electron chi connectivity index (χ1n) is 12.4. The van der Waals surface area contributed by atoms with Gasteiger partial charge in [0.05, 0.1) is 0 Å². The van der Waals surface area contributed by atoms with Gasteiger partial charge in [-0.3, -0.25) is 0 Å². The van der Waals surface area contributed by atoms with E-state index < -0.39 is 0 Å². The summed E-state index contributed by atoms with van der Waals surface area (Å²) in [5.41, 5.74) is 10.1. The van der Waals surface area contributed by atoms with Crippen molar-refractivity contribution in [2.75, 3.05) is 0 Å². The molecule has 0 aliphatic heterocycles. The van der Waals surface area contributed by atoms with Gasteiger partial charge in [0, 0.05) is 11.1 Å². The van der Waals surface area contributed by atoms with Gasteiger partial charge in [-0.15, -0.1) is 0 Å². The molecule has 36 heavy (non-hydrogen) atoms. The molecule has 4 aromatic carbocycles. The molecule has 0 unspecified atom stereocenters. The standard InChI is InChI=1S/C32H26N2O2/c1-3-21-11-17-29-27(19-21)33-31(35-29)25-13-7-23(8-14-25)5-6-24-9-15-26(16-10-24)32-34-28-20-22(4-2)12-18-30(28)36-32/h5-20H,3-4H2,1-2H3/b6-5+. The molecule has 0 aliphatic rings. The van der Waals surface area contributed by atoms with Crippen LogP contribution < -0.4 is 0 Å². The van der Waals surface area contributed by atoms with Gasteiger partial charge in [0.15, 0.2) is 11.2 Å². The van der Waals surface area contributed by atoms with Crippen LogP contribution in [0.3, 0.4) is 0 Å². The number of rotatable bonds is 6. The molecule has 0 fully saturated rings. The molecule has 6 rings (SSSR count). The van der Waals surface area contributed by atoms with Crippen molar-refractivity contribution in [3.63, 3.8) is 0 Å². The molecule has 0 radical (unpaired) electrons. The van der Waals surface area contributed by atoms with E-state index in [4.69, 9.17) is 8.83 Å². The Balaban J connectivity index is 1.17. The van der Waals surface area contributed by atoms with E-state index in [2.05, 4.69) is 84.5 Å². The fraction of sp³-hybridized carbons (Fsp3) is 0.125. The number of aromatic nitrogens is 2. The lowest BCUT2D eigenvalue weighted by Gasteiger charge is -1.99. The molecule has 2 heterocycles. The Morgan fingerprint density at radius 3 is 1.36 bits per heavy atom. The zero-order chi connectivity index (χ0) is 24.5. The number of benzene rings is 4. The van der Waals surface area contributed by atoms with Crippen molar-refractivity contribution in [2.24, 2.45) is 0 Å². The van der Waals surface area contributed by atoms with Crippen molar-refractivity contribution < 1.29 is 8.83 Å². The maximum Gasteiger partial charge on any atom is 0.227 e. The van der Waals surface area contributed by atoms with Crippen LogP contribution in [0.15, 0.2) is 93.8 Å². The summed E-state index contributed by atoms with van der Waals surface area (Å²) in [6, 6.07) is 28.9. The summed E-state index contributed by atoms with van der Waals surface area (Å²) < 4.78 is 11.9. The van der Waals surface area contributed by atoms with E-state index in [1.807, 2.05) is 36.4 Å². The third-order valence-electron chi connectivity index (χ3n) is 6.50. The van der Waals surface area contributed by atoms with Gasteiger partial charge in [-0.05, 0) is 83.6 Å². The second-order valence-corrected chi connectivity index (χ2v) is 8.93. The molecule has 0 saturated carbocycles. The van der Waals surface area contributed by atoms with E-state index in [0.717, 1.165) is 57.3 Å². The molecule has 0 spiro atoms. The molecule has 0 N–H and O–H groups in total. The Hall–Kier alpha value is -4.44. The van der Waals surface area contributed by atoms with E-state index in [0.29, 0.717) is 11.8 Å². The van der Waals surface area contributed by atoms with Crippen molar-refractivity contribution in [3.8, 4) is 22.9 Å². The topological polar surface area (TPSA) is 52.1 Å². The second-order valence-electron chi connectivity index (χ2n) is 8.93. The summed E-state index contributed by atoms with van der Waals surface area (Å²) in [6.45, 7) is 4.28. The van der Waals surface area contributed by atoms with Crippen LogP contribution in [0.25, 0.3) is 57.3 Å². The highest BCUT2D eigenvalue weighted by molar-refractivity contribution is 5.79. The molecule has 0 saturated heterocycles. The van der Waals surface area contributed by atoms with Gasteiger partial charge in [0.2, 0.25) is 11.8 Å². The van der Waals surface area contributed by atoms with Crippen LogP contribution >= 0.6 is 0 Å². The maximum atomic E-state index is 5.96. The molecule has 6 aromatic rings. The molecule has 0 bridgehead atoms. The Morgan fingerprint density at radius 2 is 0.972 bits per heavy atom. The third kappa shape index (κ3) is 4.34. The Morgan fingerprint density at radius 1 is 0.556 bits per heavy atom. The van der Waals surface area contributed by atoms with Crippen LogP contribution in [0.1, 0.15) is 36.1 Å². The average Bonchev–Trinajstić information content (AvgIpc) is 3.56. The highest BCUT2D eigenvalue weighted by atomic mass is 16.4. The minimum Gasteiger partial charge on any atom is -0.436 e. The number of fused-ring (bicyclic) bond motifs is 2. The van der Waals surface area contributed by atoms with Crippen LogP contribution in [0.2, 0.25) is 0 Å². The molecule has 0 aliphatic carbocycles. The van der Waals surface area contributed by atoms with Crippen LogP contribution in [0.4, 0.5) is 0 Å². The zero-order valence-electron chi connectivity index (χ0n) is 20.4. The summed E-state index contributed by atoms with van der Waals surface area (Å²) in [7, 11) is 0. The smallest absolute Gasteiger partial charge is 0.227 e. The van der Waals surface area contributed by atoms with Gasteiger partial charge in [-0.25, -0.2) is 9.97 Å². The lowest BCUT2D eigenvalue weighted by atomic mass is 10.1. The quantitative estimate of drug-likeness (QED) is 0.229. The fourth-order valence-electron chi connectivity index (χ4n) is 4.30. The molecule has 0 atom stereocenters. The van der Waals surface area contributed by atoms with Gasteiger partial charge in [0.25, 0.3) is 0 Å². The zero-order valence-corrected chi connectivity index (χ0v) is 20.4. The Kier molecular flexibility index (Phi) is 5.70.